The Bertz CT molecular complexity index is 1020. The third-order valence-electron chi connectivity index (χ3n) is 4.65. The van der Waals surface area contributed by atoms with Crippen molar-refractivity contribution in [1.82, 2.24) is 4.31 Å². The number of anilines is 1. The van der Waals surface area contributed by atoms with E-state index >= 15 is 0 Å². The first-order chi connectivity index (χ1) is 14.3. The molecule has 1 aliphatic rings. The zero-order valence-electron chi connectivity index (χ0n) is 16.4. The van der Waals surface area contributed by atoms with Crippen molar-refractivity contribution in [3.63, 3.8) is 0 Å². The number of carbonyl (C=O) groups is 1. The average Bonchev–Trinajstić information content (AvgIpc) is 2.73. The number of sulfonamides is 1. The molecule has 1 fully saturated rings. The second kappa shape index (κ2) is 9.40. The molecule has 0 aliphatic carbocycles. The maximum atomic E-state index is 13.6. The lowest BCUT2D eigenvalue weighted by molar-refractivity contribution is -0.118. The van der Waals surface area contributed by atoms with Crippen molar-refractivity contribution in [2.45, 2.75) is 24.2 Å². The van der Waals surface area contributed by atoms with Crippen LogP contribution in [0.4, 0.5) is 14.5 Å². The van der Waals surface area contributed by atoms with Gasteiger partial charge in [0.25, 0.3) is 5.91 Å². The number of piperidine rings is 1. The van der Waals surface area contributed by atoms with Gasteiger partial charge in [-0.05, 0) is 43.2 Å². The highest BCUT2D eigenvalue weighted by Gasteiger charge is 2.27. The van der Waals surface area contributed by atoms with Gasteiger partial charge in [-0.1, -0.05) is 6.42 Å². The largest absolute Gasteiger partial charge is 0.495 e. The van der Waals surface area contributed by atoms with E-state index in [1.807, 2.05) is 0 Å². The first kappa shape index (κ1) is 22.0. The Morgan fingerprint density at radius 3 is 2.43 bits per heavy atom. The van der Waals surface area contributed by atoms with Gasteiger partial charge in [0.15, 0.2) is 18.2 Å². The number of nitrogens with zero attached hydrogens (tertiary/aromatic N) is 1. The Morgan fingerprint density at radius 1 is 1.07 bits per heavy atom. The van der Waals surface area contributed by atoms with E-state index in [0.29, 0.717) is 19.2 Å². The molecule has 2 aromatic rings. The van der Waals surface area contributed by atoms with Crippen LogP contribution < -0.4 is 14.8 Å². The van der Waals surface area contributed by atoms with Gasteiger partial charge in [-0.3, -0.25) is 4.79 Å². The second-order valence-electron chi connectivity index (χ2n) is 6.74. The Kier molecular flexibility index (Phi) is 6.88. The molecule has 0 radical (unpaired) electrons. The van der Waals surface area contributed by atoms with Crippen LogP contribution in [0.5, 0.6) is 11.5 Å². The molecule has 0 unspecified atom stereocenters. The number of benzene rings is 2. The molecule has 2 aromatic carbocycles. The Morgan fingerprint density at radius 2 is 1.77 bits per heavy atom. The Balaban J connectivity index is 1.74. The smallest absolute Gasteiger partial charge is 0.262 e. The zero-order valence-corrected chi connectivity index (χ0v) is 17.2. The minimum atomic E-state index is -3.70. The highest BCUT2D eigenvalue weighted by Crippen LogP contribution is 2.30. The first-order valence-electron chi connectivity index (χ1n) is 9.37. The molecular weight excluding hydrogens is 418 g/mol. The number of hydrogen-bond acceptors (Lipinski definition) is 5. The van der Waals surface area contributed by atoms with Crippen LogP contribution in [0.1, 0.15) is 19.3 Å². The van der Waals surface area contributed by atoms with Crippen molar-refractivity contribution in [2.75, 3.05) is 32.1 Å². The predicted molar refractivity (Wildman–Crippen MR) is 106 cm³/mol. The van der Waals surface area contributed by atoms with Gasteiger partial charge in [0.05, 0.1) is 17.7 Å². The molecular formula is C20H22F2N2O5S. The summed E-state index contributed by atoms with van der Waals surface area (Å²) >= 11 is 0. The van der Waals surface area contributed by atoms with Gasteiger partial charge in [-0.2, -0.15) is 4.31 Å². The zero-order chi connectivity index (χ0) is 21.7. The van der Waals surface area contributed by atoms with Crippen molar-refractivity contribution in [3.8, 4) is 11.5 Å². The lowest BCUT2D eigenvalue weighted by Crippen LogP contribution is -2.35. The van der Waals surface area contributed by atoms with E-state index in [0.717, 1.165) is 31.4 Å². The van der Waals surface area contributed by atoms with Crippen LogP contribution in [0, 0.1) is 11.6 Å². The van der Waals surface area contributed by atoms with E-state index in [2.05, 4.69) is 5.32 Å². The SMILES string of the molecule is COc1ccc(S(=O)(=O)N2CCCCC2)cc1NC(=O)COc1ccc(F)cc1F. The fourth-order valence-corrected chi connectivity index (χ4v) is 4.67. The third kappa shape index (κ3) is 5.06. The van der Waals surface area contributed by atoms with Crippen LogP contribution in [0.3, 0.4) is 0 Å². The molecule has 7 nitrogen and oxygen atoms in total. The van der Waals surface area contributed by atoms with Gasteiger partial charge in [0, 0.05) is 19.2 Å². The average molecular weight is 440 g/mol. The van der Waals surface area contributed by atoms with E-state index in [1.165, 1.54) is 29.6 Å². The molecule has 3 rings (SSSR count). The fourth-order valence-electron chi connectivity index (χ4n) is 3.12. The molecule has 1 heterocycles. The number of rotatable bonds is 7. The highest BCUT2D eigenvalue weighted by atomic mass is 32.2. The molecule has 1 amide bonds. The normalized spacial score (nSPS) is 14.9. The summed E-state index contributed by atoms with van der Waals surface area (Å²) in [5, 5.41) is 2.51. The number of methoxy groups -OCH3 is 1. The molecule has 1 N–H and O–H groups in total. The van der Waals surface area contributed by atoms with Crippen LogP contribution in [-0.4, -0.2) is 45.4 Å². The molecule has 0 bridgehead atoms. The first-order valence-corrected chi connectivity index (χ1v) is 10.8. The molecule has 0 atom stereocenters. The van der Waals surface area contributed by atoms with Gasteiger partial charge in [-0.15, -0.1) is 0 Å². The lowest BCUT2D eigenvalue weighted by Gasteiger charge is -2.26. The van der Waals surface area contributed by atoms with E-state index in [-0.39, 0.29) is 22.1 Å². The molecule has 0 spiro atoms. The molecule has 0 aromatic heterocycles. The maximum Gasteiger partial charge on any atom is 0.262 e. The minimum absolute atomic E-state index is 0.0333. The summed E-state index contributed by atoms with van der Waals surface area (Å²) in [6, 6.07) is 6.92. The molecule has 30 heavy (non-hydrogen) atoms. The van der Waals surface area contributed by atoms with Gasteiger partial charge in [-0.25, -0.2) is 17.2 Å². The third-order valence-corrected chi connectivity index (χ3v) is 6.55. The summed E-state index contributed by atoms with van der Waals surface area (Å²) in [6.07, 6.45) is 2.59. The topological polar surface area (TPSA) is 84.9 Å². The molecule has 162 valence electrons. The van der Waals surface area contributed by atoms with Crippen molar-refractivity contribution in [1.29, 1.82) is 0 Å². The number of halogens is 2. The second-order valence-corrected chi connectivity index (χ2v) is 8.68. The fraction of sp³-hybridized carbons (Fsp3) is 0.350. The van der Waals surface area contributed by atoms with Gasteiger partial charge >= 0.3 is 0 Å². The summed E-state index contributed by atoms with van der Waals surface area (Å²) in [5.41, 5.74) is 0.142. The van der Waals surface area contributed by atoms with Crippen LogP contribution in [0.25, 0.3) is 0 Å². The summed E-state index contributed by atoms with van der Waals surface area (Å²) < 4.78 is 64.0. The van der Waals surface area contributed by atoms with Gasteiger partial charge in [0.2, 0.25) is 10.0 Å². The molecule has 10 heteroatoms. The summed E-state index contributed by atoms with van der Waals surface area (Å²) in [6.45, 7) is 0.342. The maximum absolute atomic E-state index is 13.6. The lowest BCUT2D eigenvalue weighted by atomic mass is 10.2. The van der Waals surface area contributed by atoms with Crippen molar-refractivity contribution in [3.05, 3.63) is 48.0 Å². The Labute approximate surface area is 173 Å². The number of hydrogen-bond donors (Lipinski definition) is 1. The van der Waals surface area contributed by atoms with Crippen LogP contribution in [0.2, 0.25) is 0 Å². The summed E-state index contributed by atoms with van der Waals surface area (Å²) in [4.78, 5) is 12.3. The van der Waals surface area contributed by atoms with Crippen molar-refractivity contribution < 1.29 is 31.5 Å². The predicted octanol–water partition coefficient (Wildman–Crippen LogP) is 3.17. The van der Waals surface area contributed by atoms with Gasteiger partial charge in [0.1, 0.15) is 11.6 Å². The van der Waals surface area contributed by atoms with Crippen molar-refractivity contribution in [2.24, 2.45) is 0 Å². The number of carbonyl (C=O) groups excluding carboxylic acids is 1. The molecule has 0 saturated carbocycles. The van der Waals surface area contributed by atoms with Crippen molar-refractivity contribution >= 4 is 21.6 Å². The summed E-state index contributed by atoms with van der Waals surface area (Å²) in [5.74, 6) is -2.38. The summed E-state index contributed by atoms with van der Waals surface area (Å²) in [7, 11) is -2.32. The number of nitrogens with one attached hydrogen (secondary N) is 1. The number of ether oxygens (including phenoxy) is 2. The van der Waals surface area contributed by atoms with Crippen LogP contribution >= 0.6 is 0 Å². The minimum Gasteiger partial charge on any atom is -0.495 e. The highest BCUT2D eigenvalue weighted by molar-refractivity contribution is 7.89. The van der Waals surface area contributed by atoms with E-state index in [9.17, 15) is 22.0 Å². The van der Waals surface area contributed by atoms with Gasteiger partial charge < -0.3 is 14.8 Å². The van der Waals surface area contributed by atoms with E-state index in [1.54, 1.807) is 0 Å². The standard InChI is InChI=1S/C20H22F2N2O5S/c1-28-19-8-6-15(30(26,27)24-9-3-2-4-10-24)12-17(19)23-20(25)13-29-18-7-5-14(21)11-16(18)22/h5-8,11-12H,2-4,9-10,13H2,1H3,(H,23,25). The van der Waals surface area contributed by atoms with Crippen LogP contribution in [0.15, 0.2) is 41.3 Å². The quantitative estimate of drug-likeness (QED) is 0.715. The van der Waals surface area contributed by atoms with Crippen LogP contribution in [-0.2, 0) is 14.8 Å². The van der Waals surface area contributed by atoms with E-state index in [4.69, 9.17) is 9.47 Å². The van der Waals surface area contributed by atoms with E-state index < -0.39 is 34.2 Å². The molecule has 1 aliphatic heterocycles. The number of amides is 1. The molecule has 1 saturated heterocycles. The monoisotopic (exact) mass is 440 g/mol. The Hall–Kier alpha value is -2.72.